The van der Waals surface area contributed by atoms with Crippen LogP contribution in [0, 0.1) is 0 Å². The number of unbranched alkanes of at least 4 members (excludes halogenated alkanes) is 8. The van der Waals surface area contributed by atoms with Gasteiger partial charge in [-0.2, -0.15) is 0 Å². The molecule has 1 saturated heterocycles. The van der Waals surface area contributed by atoms with E-state index in [0.29, 0.717) is 42.5 Å². The van der Waals surface area contributed by atoms with Gasteiger partial charge in [0, 0.05) is 12.8 Å². The third kappa shape index (κ3) is 35.1. The fourth-order valence-corrected chi connectivity index (χ4v) is 6.38. The Bertz CT molecular complexity index is 1270. The Morgan fingerprint density at radius 2 is 1.25 bits per heavy atom. The molecule has 11 heteroatoms. The zero-order valence-electron chi connectivity index (χ0n) is 36.2. The molecule has 1 aliphatic heterocycles. The zero-order valence-corrected chi connectivity index (χ0v) is 37.1. The van der Waals surface area contributed by atoms with Crippen LogP contribution in [0.5, 0.6) is 0 Å². The van der Waals surface area contributed by atoms with Gasteiger partial charge in [0.2, 0.25) is 0 Å². The van der Waals surface area contributed by atoms with Crippen molar-refractivity contribution in [3.05, 3.63) is 72.9 Å². The highest BCUT2D eigenvalue weighted by atomic mass is 31.2. The van der Waals surface area contributed by atoms with Crippen molar-refractivity contribution in [3.63, 3.8) is 0 Å². The second kappa shape index (κ2) is 34.3. The fourth-order valence-electron chi connectivity index (χ4n) is 5.64. The molecular weight excluding hydrogens is 741 g/mol. The first-order valence-corrected chi connectivity index (χ1v) is 23.3. The normalized spacial score (nSPS) is 17.9. The lowest BCUT2D eigenvalue weighted by Crippen LogP contribution is -2.37. The highest BCUT2D eigenvalue weighted by Gasteiger charge is 2.36. The number of esters is 2. The first-order chi connectivity index (χ1) is 27.5. The minimum absolute atomic E-state index is 0.0122. The van der Waals surface area contributed by atoms with Gasteiger partial charge in [0.15, 0.2) is 6.10 Å². The molecule has 3 unspecified atom stereocenters. The molecular formula is C46H79NO9P+. The van der Waals surface area contributed by atoms with E-state index in [1.165, 1.54) is 19.3 Å². The van der Waals surface area contributed by atoms with E-state index in [4.69, 9.17) is 23.3 Å². The van der Waals surface area contributed by atoms with E-state index in [-0.39, 0.29) is 26.1 Å². The number of phosphoric acid groups is 1. The van der Waals surface area contributed by atoms with Crippen LogP contribution in [-0.2, 0) is 37.4 Å². The summed E-state index contributed by atoms with van der Waals surface area (Å²) >= 11 is 0. The molecule has 1 rings (SSSR count). The number of likely N-dealkylation sites (N-methyl/N-ethyl adjacent to an activating group) is 1. The second-order valence-electron chi connectivity index (χ2n) is 15.7. The van der Waals surface area contributed by atoms with Crippen molar-refractivity contribution in [2.24, 2.45) is 0 Å². The molecule has 1 aliphatic rings. The minimum atomic E-state index is -4.40. The highest BCUT2D eigenvalue weighted by molar-refractivity contribution is 7.47. The summed E-state index contributed by atoms with van der Waals surface area (Å²) in [5.74, 6) is -0.898. The SMILES string of the molecule is CC/C=C\C/C=C\C/C=C\C/C=C\C/C=C\CCCC(=O)O[C@H](COC(=O)CCCCCCCC1OC1C/C=C\CCCCC)COP(=O)(O)OCC[N+](C)(C)C. The summed E-state index contributed by atoms with van der Waals surface area (Å²) in [5, 5.41) is 0. The third-order valence-corrected chi connectivity index (χ3v) is 10.1. The molecule has 1 N–H and O–H groups in total. The number of nitrogens with zero attached hydrogens (tertiary/aromatic N) is 1. The predicted octanol–water partition coefficient (Wildman–Crippen LogP) is 11.2. The van der Waals surface area contributed by atoms with E-state index in [0.717, 1.165) is 77.0 Å². The van der Waals surface area contributed by atoms with Crippen LogP contribution in [0.4, 0.5) is 0 Å². The molecule has 10 nitrogen and oxygen atoms in total. The molecule has 57 heavy (non-hydrogen) atoms. The number of ether oxygens (including phenoxy) is 3. The van der Waals surface area contributed by atoms with Crippen molar-refractivity contribution in [3.8, 4) is 0 Å². The van der Waals surface area contributed by atoms with Gasteiger partial charge in [0.25, 0.3) is 0 Å². The van der Waals surface area contributed by atoms with Crippen LogP contribution in [-0.4, -0.2) is 87.1 Å². The van der Waals surface area contributed by atoms with E-state index in [1.807, 2.05) is 27.2 Å². The molecule has 0 aromatic rings. The van der Waals surface area contributed by atoms with Crippen molar-refractivity contribution >= 4 is 19.8 Å². The summed E-state index contributed by atoms with van der Waals surface area (Å²) in [4.78, 5) is 35.4. The van der Waals surface area contributed by atoms with Crippen LogP contribution >= 0.6 is 7.82 Å². The quantitative estimate of drug-likeness (QED) is 0.0163. The molecule has 326 valence electrons. The summed E-state index contributed by atoms with van der Waals surface area (Å²) < 4.78 is 40.0. The van der Waals surface area contributed by atoms with Crippen LogP contribution in [0.3, 0.4) is 0 Å². The third-order valence-electron chi connectivity index (χ3n) is 9.14. The first-order valence-electron chi connectivity index (χ1n) is 21.8. The monoisotopic (exact) mass is 821 g/mol. The number of phosphoric ester groups is 1. The van der Waals surface area contributed by atoms with E-state index >= 15 is 0 Å². The summed E-state index contributed by atoms with van der Waals surface area (Å²) in [5.41, 5.74) is 0. The van der Waals surface area contributed by atoms with Crippen molar-refractivity contribution in [1.29, 1.82) is 0 Å². The van der Waals surface area contributed by atoms with Gasteiger partial charge in [-0.25, -0.2) is 4.57 Å². The molecule has 0 aromatic heterocycles. The Hall–Kier alpha value is -2.59. The maximum atomic E-state index is 12.7. The van der Waals surface area contributed by atoms with Gasteiger partial charge in [-0.1, -0.05) is 125 Å². The molecule has 1 fully saturated rings. The maximum absolute atomic E-state index is 12.7. The Morgan fingerprint density at radius 1 is 0.667 bits per heavy atom. The summed E-state index contributed by atoms with van der Waals surface area (Å²) in [6.45, 7) is 4.16. The number of hydrogen-bond acceptors (Lipinski definition) is 8. The Morgan fingerprint density at radius 3 is 1.89 bits per heavy atom. The average molecular weight is 821 g/mol. The summed E-state index contributed by atoms with van der Waals surface area (Å²) in [6.07, 6.45) is 44.1. The molecule has 0 aromatic carbocycles. The number of rotatable bonds is 37. The molecule has 0 spiro atoms. The molecule has 0 saturated carbocycles. The molecule has 0 amide bonds. The summed E-state index contributed by atoms with van der Waals surface area (Å²) in [7, 11) is 1.41. The van der Waals surface area contributed by atoms with Crippen LogP contribution in [0.25, 0.3) is 0 Å². The van der Waals surface area contributed by atoms with Crippen LogP contribution in [0.2, 0.25) is 0 Å². The van der Waals surface area contributed by atoms with Gasteiger partial charge < -0.3 is 23.6 Å². The zero-order chi connectivity index (χ0) is 41.9. The van der Waals surface area contributed by atoms with Crippen LogP contribution in [0.15, 0.2) is 72.9 Å². The molecule has 0 bridgehead atoms. The lowest BCUT2D eigenvalue weighted by Gasteiger charge is -2.24. The molecule has 0 radical (unpaired) electrons. The van der Waals surface area contributed by atoms with Gasteiger partial charge in [-0.3, -0.25) is 18.6 Å². The average Bonchev–Trinajstić information content (AvgIpc) is 3.92. The molecule has 4 atom stereocenters. The number of epoxide rings is 1. The number of carbonyl (C=O) groups excluding carboxylic acids is 2. The van der Waals surface area contributed by atoms with Crippen LogP contribution < -0.4 is 0 Å². The van der Waals surface area contributed by atoms with Crippen LogP contribution in [0.1, 0.15) is 142 Å². The van der Waals surface area contributed by atoms with Gasteiger partial charge >= 0.3 is 19.8 Å². The Kier molecular flexibility index (Phi) is 31.5. The van der Waals surface area contributed by atoms with Crippen molar-refractivity contribution in [1.82, 2.24) is 0 Å². The fraction of sp³-hybridized carbons (Fsp3) is 0.696. The standard InChI is InChI=1S/C46H78NO9P/c1-6-8-10-12-14-15-16-17-18-19-20-21-22-23-24-28-33-37-46(49)55-42(41-54-57(50,51)53-39-38-47(3,4)5)40-52-45(48)36-32-29-25-27-31-35-44-43(56-44)34-30-26-13-11-9-7-2/h8,10,14-15,17-18,20-21,23-24,26,30,42-44H,6-7,9,11-13,16,19,22,25,27-29,31-41H2,1-5H3/p+1/b10-8-,15-14-,18-17-,21-20-,24-23-,30-26-/t42-,43?,44?/m1/s1. The smallest absolute Gasteiger partial charge is 0.462 e. The van der Waals surface area contributed by atoms with Crippen molar-refractivity contribution in [2.45, 2.75) is 161 Å². The number of quaternary nitrogens is 1. The maximum Gasteiger partial charge on any atom is 0.472 e. The Labute approximate surface area is 346 Å². The number of allylic oxidation sites excluding steroid dienone is 11. The van der Waals surface area contributed by atoms with Gasteiger partial charge in [-0.15, -0.1) is 0 Å². The number of hydrogen-bond donors (Lipinski definition) is 1. The first kappa shape index (κ1) is 52.4. The van der Waals surface area contributed by atoms with Gasteiger partial charge in [-0.05, 0) is 77.0 Å². The minimum Gasteiger partial charge on any atom is -0.462 e. The number of carbonyl (C=O) groups is 2. The van der Waals surface area contributed by atoms with E-state index in [1.54, 1.807) is 0 Å². The van der Waals surface area contributed by atoms with Gasteiger partial charge in [0.1, 0.15) is 19.8 Å². The molecule has 0 aliphatic carbocycles. The molecule has 1 heterocycles. The Balaban J connectivity index is 2.35. The lowest BCUT2D eigenvalue weighted by atomic mass is 10.1. The van der Waals surface area contributed by atoms with E-state index in [9.17, 15) is 19.0 Å². The van der Waals surface area contributed by atoms with Crippen molar-refractivity contribution in [2.75, 3.05) is 47.5 Å². The van der Waals surface area contributed by atoms with E-state index in [2.05, 4.69) is 80.7 Å². The lowest BCUT2D eigenvalue weighted by molar-refractivity contribution is -0.870. The topological polar surface area (TPSA) is 121 Å². The second-order valence-corrected chi connectivity index (χ2v) is 17.2. The van der Waals surface area contributed by atoms with Gasteiger partial charge in [0.05, 0.1) is 40.0 Å². The van der Waals surface area contributed by atoms with E-state index < -0.39 is 32.5 Å². The summed E-state index contributed by atoms with van der Waals surface area (Å²) in [6, 6.07) is 0. The van der Waals surface area contributed by atoms with Crippen molar-refractivity contribution < 1.29 is 46.8 Å². The largest absolute Gasteiger partial charge is 0.472 e. The highest BCUT2D eigenvalue weighted by Crippen LogP contribution is 2.43. The predicted molar refractivity (Wildman–Crippen MR) is 233 cm³/mol.